The van der Waals surface area contributed by atoms with Crippen molar-refractivity contribution in [3.8, 4) is 0 Å². The van der Waals surface area contributed by atoms with E-state index in [1.54, 1.807) is 6.92 Å². The molecular formula is C9H14ClO5. The van der Waals surface area contributed by atoms with Gasteiger partial charge in [-0.2, -0.15) is 0 Å². The zero-order valence-corrected chi connectivity index (χ0v) is 9.29. The molecule has 0 aliphatic rings. The molecule has 0 aliphatic heterocycles. The summed E-state index contributed by atoms with van der Waals surface area (Å²) in [5, 5.41) is -0.833. The third-order valence-corrected chi connectivity index (χ3v) is 1.60. The predicted octanol–water partition coefficient (Wildman–Crippen LogP) is 0.551. The Morgan fingerprint density at radius 2 is 2.00 bits per heavy atom. The Balaban J connectivity index is 3.42. The van der Waals surface area contributed by atoms with Crippen LogP contribution in [0.1, 0.15) is 6.92 Å². The lowest BCUT2D eigenvalue weighted by Gasteiger charge is -2.09. The fraction of sp³-hybridized carbons (Fsp3) is 0.667. The maximum atomic E-state index is 11.0. The number of halogens is 1. The molecule has 0 heterocycles. The van der Waals surface area contributed by atoms with Crippen LogP contribution in [0.5, 0.6) is 0 Å². The van der Waals surface area contributed by atoms with Crippen molar-refractivity contribution in [2.75, 3.05) is 26.4 Å². The van der Waals surface area contributed by atoms with Gasteiger partial charge in [0.05, 0.1) is 26.7 Å². The number of alkyl halides is 1. The van der Waals surface area contributed by atoms with E-state index in [1.165, 1.54) is 0 Å². The fourth-order valence-corrected chi connectivity index (χ4v) is 0.854. The van der Waals surface area contributed by atoms with E-state index >= 15 is 0 Å². The summed E-state index contributed by atoms with van der Waals surface area (Å²) in [5.74, 6) is -1.14. The van der Waals surface area contributed by atoms with Crippen LogP contribution in [0.4, 0.5) is 0 Å². The average molecular weight is 238 g/mol. The first-order valence-corrected chi connectivity index (χ1v) is 4.88. The normalized spacial score (nSPS) is 11.9. The van der Waals surface area contributed by atoms with Crippen LogP contribution in [0.2, 0.25) is 0 Å². The number of carbonyl (C=O) groups excluding carboxylic acids is 2. The first kappa shape index (κ1) is 14.2. The van der Waals surface area contributed by atoms with Gasteiger partial charge in [-0.3, -0.25) is 9.59 Å². The summed E-state index contributed by atoms with van der Waals surface area (Å²) in [5.41, 5.74) is 0. The van der Waals surface area contributed by atoms with Crippen LogP contribution in [0.25, 0.3) is 0 Å². The van der Waals surface area contributed by atoms with Gasteiger partial charge in [0.2, 0.25) is 0 Å². The lowest BCUT2D eigenvalue weighted by atomic mass is 10.4. The molecular weight excluding hydrogens is 224 g/mol. The molecule has 0 aromatic carbocycles. The Kier molecular flexibility index (Phi) is 8.04. The zero-order valence-electron chi connectivity index (χ0n) is 8.53. The number of esters is 2. The van der Waals surface area contributed by atoms with Gasteiger partial charge in [0.25, 0.3) is 0 Å². The summed E-state index contributed by atoms with van der Waals surface area (Å²) in [4.78, 5) is 21.2. The van der Waals surface area contributed by atoms with Crippen molar-refractivity contribution in [2.24, 2.45) is 0 Å². The minimum Gasteiger partial charge on any atom is -0.465 e. The molecule has 1 radical (unpaired) electrons. The highest BCUT2D eigenvalue weighted by Gasteiger charge is 2.16. The number of hydrogen-bond acceptors (Lipinski definition) is 5. The molecule has 0 spiro atoms. The second-order valence-corrected chi connectivity index (χ2v) is 3.04. The quantitative estimate of drug-likeness (QED) is 0.368. The molecule has 0 N–H and O–H groups in total. The Labute approximate surface area is 93.6 Å². The highest BCUT2D eigenvalue weighted by molar-refractivity contribution is 6.30. The zero-order chi connectivity index (χ0) is 11.7. The van der Waals surface area contributed by atoms with Crippen LogP contribution in [-0.4, -0.2) is 43.7 Å². The SMILES string of the molecule is [CH2]C(=O)OCCOCC(Cl)C(=O)OCC. The summed E-state index contributed by atoms with van der Waals surface area (Å²) >= 11 is 5.63. The van der Waals surface area contributed by atoms with Gasteiger partial charge >= 0.3 is 11.9 Å². The Morgan fingerprint density at radius 3 is 2.53 bits per heavy atom. The van der Waals surface area contributed by atoms with E-state index < -0.39 is 17.3 Å². The van der Waals surface area contributed by atoms with Crippen LogP contribution in [-0.2, 0) is 23.8 Å². The van der Waals surface area contributed by atoms with Gasteiger partial charge in [-0.25, -0.2) is 0 Å². The van der Waals surface area contributed by atoms with Gasteiger partial charge in [-0.15, -0.1) is 11.6 Å². The Morgan fingerprint density at radius 1 is 1.33 bits per heavy atom. The third-order valence-electron chi connectivity index (χ3n) is 1.30. The van der Waals surface area contributed by atoms with Crippen molar-refractivity contribution >= 4 is 23.5 Å². The lowest BCUT2D eigenvalue weighted by Crippen LogP contribution is -2.24. The molecule has 1 unspecified atom stereocenters. The van der Waals surface area contributed by atoms with Crippen molar-refractivity contribution in [1.29, 1.82) is 0 Å². The molecule has 0 saturated carbocycles. The van der Waals surface area contributed by atoms with Gasteiger partial charge in [-0.1, -0.05) is 0 Å². The highest BCUT2D eigenvalue weighted by atomic mass is 35.5. The minimum absolute atomic E-state index is 0.0229. The van der Waals surface area contributed by atoms with Crippen molar-refractivity contribution in [3.05, 3.63) is 6.92 Å². The standard InChI is InChI=1S/C9H14ClO5/c1-3-14-9(12)8(10)6-13-4-5-15-7(2)11/h8H,2-6H2,1H3. The van der Waals surface area contributed by atoms with Gasteiger partial charge in [0.1, 0.15) is 6.61 Å². The summed E-state index contributed by atoms with van der Waals surface area (Å²) in [6, 6.07) is 0. The fourth-order valence-electron chi connectivity index (χ4n) is 0.702. The van der Waals surface area contributed by atoms with E-state index in [-0.39, 0.29) is 26.4 Å². The molecule has 0 fully saturated rings. The second-order valence-electron chi connectivity index (χ2n) is 2.51. The van der Waals surface area contributed by atoms with Crippen molar-refractivity contribution in [1.82, 2.24) is 0 Å². The van der Waals surface area contributed by atoms with Gasteiger partial charge in [-0.05, 0) is 6.92 Å². The minimum atomic E-state index is -0.833. The molecule has 15 heavy (non-hydrogen) atoms. The van der Waals surface area contributed by atoms with Gasteiger partial charge < -0.3 is 14.2 Å². The van der Waals surface area contributed by atoms with Crippen molar-refractivity contribution in [2.45, 2.75) is 12.3 Å². The smallest absolute Gasteiger partial charge is 0.326 e. The largest absolute Gasteiger partial charge is 0.465 e. The van der Waals surface area contributed by atoms with Crippen LogP contribution in [0, 0.1) is 6.92 Å². The van der Waals surface area contributed by atoms with Gasteiger partial charge in [0.15, 0.2) is 5.38 Å². The summed E-state index contributed by atoms with van der Waals surface area (Å²) in [7, 11) is 0. The molecule has 0 aromatic rings. The molecule has 0 aromatic heterocycles. The first-order valence-electron chi connectivity index (χ1n) is 4.45. The summed E-state index contributed by atoms with van der Waals surface area (Å²) in [6.07, 6.45) is 0. The highest BCUT2D eigenvalue weighted by Crippen LogP contribution is 1.99. The predicted molar refractivity (Wildman–Crippen MR) is 53.4 cm³/mol. The molecule has 87 valence electrons. The maximum Gasteiger partial charge on any atom is 0.326 e. The molecule has 0 bridgehead atoms. The summed E-state index contributed by atoms with van der Waals surface area (Å²) < 4.78 is 14.1. The number of rotatable bonds is 7. The van der Waals surface area contributed by atoms with Crippen LogP contribution >= 0.6 is 11.6 Å². The molecule has 0 rings (SSSR count). The first-order chi connectivity index (χ1) is 7.07. The van der Waals surface area contributed by atoms with Crippen LogP contribution in [0.3, 0.4) is 0 Å². The maximum absolute atomic E-state index is 11.0. The topological polar surface area (TPSA) is 61.8 Å². The molecule has 0 amide bonds. The Hall–Kier alpha value is -0.810. The van der Waals surface area contributed by atoms with E-state index in [0.29, 0.717) is 0 Å². The van der Waals surface area contributed by atoms with Gasteiger partial charge in [0, 0.05) is 0 Å². The van der Waals surface area contributed by atoms with E-state index in [4.69, 9.17) is 16.3 Å². The second kappa shape index (κ2) is 8.49. The molecule has 6 heteroatoms. The Bertz CT molecular complexity index is 207. The molecule has 0 aliphatic carbocycles. The monoisotopic (exact) mass is 237 g/mol. The molecule has 1 atom stereocenters. The van der Waals surface area contributed by atoms with E-state index in [1.807, 2.05) is 0 Å². The lowest BCUT2D eigenvalue weighted by molar-refractivity contribution is -0.145. The van der Waals surface area contributed by atoms with E-state index in [9.17, 15) is 9.59 Å². The average Bonchev–Trinajstić information content (AvgIpc) is 2.16. The number of ether oxygens (including phenoxy) is 3. The third kappa shape index (κ3) is 8.20. The molecule has 5 nitrogen and oxygen atoms in total. The van der Waals surface area contributed by atoms with E-state index in [2.05, 4.69) is 16.4 Å². The number of carbonyl (C=O) groups is 2. The van der Waals surface area contributed by atoms with Crippen molar-refractivity contribution < 1.29 is 23.8 Å². The molecule has 0 saturated heterocycles. The van der Waals surface area contributed by atoms with Crippen LogP contribution in [0.15, 0.2) is 0 Å². The number of hydrogen-bond donors (Lipinski definition) is 0. The summed E-state index contributed by atoms with van der Waals surface area (Å²) in [6.45, 7) is 5.26. The van der Waals surface area contributed by atoms with E-state index in [0.717, 1.165) is 0 Å². The van der Waals surface area contributed by atoms with Crippen LogP contribution < -0.4 is 0 Å². The van der Waals surface area contributed by atoms with Crippen molar-refractivity contribution in [3.63, 3.8) is 0 Å².